The molecule has 0 spiro atoms. The molecule has 6 nitrogen and oxygen atoms in total. The van der Waals surface area contributed by atoms with Crippen molar-refractivity contribution in [1.82, 2.24) is 15.1 Å². The van der Waals surface area contributed by atoms with Crippen LogP contribution in [0.5, 0.6) is 11.5 Å². The maximum atomic E-state index is 5.89. The third-order valence-electron chi connectivity index (χ3n) is 5.02. The van der Waals surface area contributed by atoms with Crippen LogP contribution in [0.25, 0.3) is 11.5 Å². The van der Waals surface area contributed by atoms with Crippen molar-refractivity contribution in [3.63, 3.8) is 0 Å². The Balaban J connectivity index is 1.14. The van der Waals surface area contributed by atoms with Gasteiger partial charge in [0.15, 0.2) is 0 Å². The van der Waals surface area contributed by atoms with Gasteiger partial charge in [-0.05, 0) is 42.8 Å². The molecule has 1 saturated heterocycles. The van der Waals surface area contributed by atoms with Crippen molar-refractivity contribution in [2.75, 3.05) is 50.1 Å². The zero-order valence-corrected chi connectivity index (χ0v) is 19.8. The summed E-state index contributed by atoms with van der Waals surface area (Å²) in [6.07, 6.45) is 1.05. The summed E-state index contributed by atoms with van der Waals surface area (Å²) >= 11 is 3.76. The summed E-state index contributed by atoms with van der Waals surface area (Å²) in [4.78, 5) is 2.52. The highest BCUT2D eigenvalue weighted by Gasteiger charge is 2.11. The first-order valence-corrected chi connectivity index (χ1v) is 13.3. The maximum absolute atomic E-state index is 5.89. The van der Waals surface area contributed by atoms with Crippen LogP contribution >= 0.6 is 23.5 Å². The standard InChI is InChI=1S/C24H29N3O3S2/c1-2-5-21(6-3-1)29-15-18-32-19-23-25-26-24(30-23)20-7-9-22(10-8-20)28-14-4-11-27-12-16-31-17-13-27/h1-3,5-10H,4,11-19H2. The van der Waals surface area contributed by atoms with E-state index in [-0.39, 0.29) is 0 Å². The highest BCUT2D eigenvalue weighted by atomic mass is 32.2. The number of ether oxygens (including phenoxy) is 2. The molecule has 4 rings (SSSR count). The van der Waals surface area contributed by atoms with Gasteiger partial charge in [0.1, 0.15) is 11.5 Å². The van der Waals surface area contributed by atoms with Crippen LogP contribution in [0.4, 0.5) is 0 Å². The molecule has 0 aliphatic carbocycles. The number of para-hydroxylation sites is 1. The fourth-order valence-electron chi connectivity index (χ4n) is 3.32. The molecule has 170 valence electrons. The molecule has 32 heavy (non-hydrogen) atoms. The highest BCUT2D eigenvalue weighted by Crippen LogP contribution is 2.23. The van der Waals surface area contributed by atoms with Crippen LogP contribution in [0.1, 0.15) is 12.3 Å². The predicted octanol–water partition coefficient (Wildman–Crippen LogP) is 4.87. The van der Waals surface area contributed by atoms with Gasteiger partial charge in [0.05, 0.1) is 19.0 Å². The Hall–Kier alpha value is -2.16. The highest BCUT2D eigenvalue weighted by molar-refractivity contribution is 7.99. The first kappa shape index (κ1) is 23.0. The molecular weight excluding hydrogens is 442 g/mol. The van der Waals surface area contributed by atoms with Crippen LogP contribution in [-0.4, -0.2) is 65.2 Å². The van der Waals surface area contributed by atoms with Gasteiger partial charge in [0.25, 0.3) is 0 Å². The van der Waals surface area contributed by atoms with Crippen LogP contribution in [0, 0.1) is 0 Å². The number of benzene rings is 2. The molecular formula is C24H29N3O3S2. The van der Waals surface area contributed by atoms with E-state index in [0.717, 1.165) is 42.4 Å². The van der Waals surface area contributed by atoms with Gasteiger partial charge in [-0.15, -0.1) is 22.0 Å². The predicted molar refractivity (Wildman–Crippen MR) is 132 cm³/mol. The molecule has 3 aromatic rings. The molecule has 0 unspecified atom stereocenters. The first-order valence-electron chi connectivity index (χ1n) is 11.0. The summed E-state index contributed by atoms with van der Waals surface area (Å²) in [5.41, 5.74) is 0.902. The Morgan fingerprint density at radius 3 is 2.47 bits per heavy atom. The quantitative estimate of drug-likeness (QED) is 0.347. The van der Waals surface area contributed by atoms with Gasteiger partial charge >= 0.3 is 0 Å². The first-order chi connectivity index (χ1) is 15.9. The van der Waals surface area contributed by atoms with E-state index >= 15 is 0 Å². The number of nitrogens with zero attached hydrogens (tertiary/aromatic N) is 3. The van der Waals surface area contributed by atoms with Crippen LogP contribution in [-0.2, 0) is 5.75 Å². The molecule has 2 heterocycles. The van der Waals surface area contributed by atoms with E-state index in [1.54, 1.807) is 11.8 Å². The Morgan fingerprint density at radius 1 is 0.906 bits per heavy atom. The van der Waals surface area contributed by atoms with E-state index in [0.29, 0.717) is 24.1 Å². The van der Waals surface area contributed by atoms with Gasteiger partial charge < -0.3 is 18.8 Å². The summed E-state index contributed by atoms with van der Waals surface area (Å²) < 4.78 is 17.4. The van der Waals surface area contributed by atoms with Crippen molar-refractivity contribution in [2.45, 2.75) is 12.2 Å². The van der Waals surface area contributed by atoms with E-state index in [2.05, 4.69) is 15.1 Å². The summed E-state index contributed by atoms with van der Waals surface area (Å²) in [7, 11) is 0. The molecule has 1 aromatic heterocycles. The van der Waals surface area contributed by atoms with E-state index < -0.39 is 0 Å². The molecule has 0 saturated carbocycles. The van der Waals surface area contributed by atoms with Crippen LogP contribution in [0.15, 0.2) is 59.0 Å². The van der Waals surface area contributed by atoms with Gasteiger partial charge in [-0.1, -0.05) is 18.2 Å². The van der Waals surface area contributed by atoms with E-state index in [1.807, 2.05) is 66.4 Å². The Kier molecular flexibility index (Phi) is 9.18. The Labute approximate surface area is 198 Å². The Bertz CT molecular complexity index is 916. The molecule has 0 radical (unpaired) electrons. The van der Waals surface area contributed by atoms with Crippen molar-refractivity contribution < 1.29 is 13.9 Å². The smallest absolute Gasteiger partial charge is 0.247 e. The summed E-state index contributed by atoms with van der Waals surface area (Å²) in [5, 5.41) is 8.34. The monoisotopic (exact) mass is 471 g/mol. The minimum absolute atomic E-state index is 0.538. The van der Waals surface area contributed by atoms with Crippen LogP contribution in [0.3, 0.4) is 0 Å². The summed E-state index contributed by atoms with van der Waals surface area (Å²) in [6.45, 7) is 4.89. The van der Waals surface area contributed by atoms with Crippen molar-refractivity contribution in [1.29, 1.82) is 0 Å². The Morgan fingerprint density at radius 2 is 1.66 bits per heavy atom. The zero-order valence-electron chi connectivity index (χ0n) is 18.2. The van der Waals surface area contributed by atoms with Crippen molar-refractivity contribution in [2.24, 2.45) is 0 Å². The minimum atomic E-state index is 0.538. The molecule has 0 amide bonds. The third-order valence-corrected chi connectivity index (χ3v) is 6.87. The molecule has 1 aliphatic heterocycles. The number of hydrogen-bond donors (Lipinski definition) is 0. The van der Waals surface area contributed by atoms with E-state index in [1.165, 1.54) is 24.6 Å². The van der Waals surface area contributed by atoms with Crippen LogP contribution in [0.2, 0.25) is 0 Å². The van der Waals surface area contributed by atoms with Crippen LogP contribution < -0.4 is 9.47 Å². The molecule has 0 N–H and O–H groups in total. The fraction of sp³-hybridized carbons (Fsp3) is 0.417. The third kappa shape index (κ3) is 7.46. The van der Waals surface area contributed by atoms with Crippen molar-refractivity contribution in [3.05, 3.63) is 60.5 Å². The van der Waals surface area contributed by atoms with Gasteiger partial charge in [0, 0.05) is 42.5 Å². The second kappa shape index (κ2) is 12.8. The number of rotatable bonds is 12. The van der Waals surface area contributed by atoms with Gasteiger partial charge in [0.2, 0.25) is 11.8 Å². The van der Waals surface area contributed by atoms with Gasteiger partial charge in [-0.3, -0.25) is 0 Å². The molecule has 0 bridgehead atoms. The van der Waals surface area contributed by atoms with Gasteiger partial charge in [-0.25, -0.2) is 0 Å². The van der Waals surface area contributed by atoms with Crippen molar-refractivity contribution in [3.8, 4) is 23.0 Å². The second-order valence-electron chi connectivity index (χ2n) is 7.40. The lowest BCUT2D eigenvalue weighted by atomic mass is 10.2. The fourth-order valence-corrected chi connectivity index (χ4v) is 4.94. The average Bonchev–Trinajstić information content (AvgIpc) is 3.32. The number of hydrogen-bond acceptors (Lipinski definition) is 8. The summed E-state index contributed by atoms with van der Waals surface area (Å²) in [5.74, 6) is 6.95. The zero-order chi connectivity index (χ0) is 21.8. The lowest BCUT2D eigenvalue weighted by Crippen LogP contribution is -2.33. The lowest BCUT2D eigenvalue weighted by Gasteiger charge is -2.25. The number of aromatic nitrogens is 2. The maximum Gasteiger partial charge on any atom is 0.247 e. The molecule has 1 fully saturated rings. The SMILES string of the molecule is c1ccc(OCCSCc2nnc(-c3ccc(OCCCN4CCSCC4)cc3)o2)cc1. The largest absolute Gasteiger partial charge is 0.494 e. The normalized spacial score (nSPS) is 14.4. The molecule has 0 atom stereocenters. The molecule has 2 aromatic carbocycles. The van der Waals surface area contributed by atoms with Crippen molar-refractivity contribution >= 4 is 23.5 Å². The second-order valence-corrected chi connectivity index (χ2v) is 9.73. The molecule has 1 aliphatic rings. The molecule has 8 heteroatoms. The van der Waals surface area contributed by atoms with E-state index in [9.17, 15) is 0 Å². The van der Waals surface area contributed by atoms with Gasteiger partial charge in [-0.2, -0.15) is 11.8 Å². The topological polar surface area (TPSA) is 60.6 Å². The summed E-state index contributed by atoms with van der Waals surface area (Å²) in [6, 6.07) is 17.7. The average molecular weight is 472 g/mol. The number of thioether (sulfide) groups is 2. The lowest BCUT2D eigenvalue weighted by molar-refractivity contribution is 0.248. The minimum Gasteiger partial charge on any atom is -0.494 e. The van der Waals surface area contributed by atoms with E-state index in [4.69, 9.17) is 13.9 Å².